The molecule has 78 valence electrons. The number of nitrogens with zero attached hydrogens (tertiary/aromatic N) is 1. The third kappa shape index (κ3) is 1.21. The van der Waals surface area contributed by atoms with Gasteiger partial charge in [-0.15, -0.1) is 0 Å². The van der Waals surface area contributed by atoms with Crippen molar-refractivity contribution in [3.8, 4) is 0 Å². The number of amides is 1. The molecular formula is C13H15NO. The van der Waals surface area contributed by atoms with Crippen LogP contribution in [0, 0.1) is 5.92 Å². The largest absolute Gasteiger partial charge is 0.338 e. The van der Waals surface area contributed by atoms with Gasteiger partial charge in [0.25, 0.3) is 0 Å². The average molecular weight is 201 g/mol. The fourth-order valence-corrected chi connectivity index (χ4v) is 3.08. The third-order valence-corrected chi connectivity index (χ3v) is 3.84. The number of piperidine rings is 1. The molecule has 2 unspecified atom stereocenters. The van der Waals surface area contributed by atoms with E-state index in [4.69, 9.17) is 0 Å². The molecule has 1 saturated heterocycles. The number of carbonyl (C=O) groups excluding carboxylic acids is 1. The lowest BCUT2D eigenvalue weighted by molar-refractivity contribution is -0.136. The Morgan fingerprint density at radius 2 is 2.13 bits per heavy atom. The Bertz CT molecular complexity index is 413. The number of rotatable bonds is 0. The molecule has 1 aliphatic heterocycles. The summed E-state index contributed by atoms with van der Waals surface area (Å²) in [6, 6.07) is 8.90. The lowest BCUT2D eigenvalue weighted by atomic mass is 9.90. The molecule has 2 nitrogen and oxygen atoms in total. The van der Waals surface area contributed by atoms with Crippen LogP contribution < -0.4 is 0 Å². The summed E-state index contributed by atoms with van der Waals surface area (Å²) < 4.78 is 0. The lowest BCUT2D eigenvalue weighted by Gasteiger charge is -2.35. The van der Waals surface area contributed by atoms with E-state index >= 15 is 0 Å². The van der Waals surface area contributed by atoms with Gasteiger partial charge in [0, 0.05) is 13.5 Å². The third-order valence-electron chi connectivity index (χ3n) is 3.84. The zero-order valence-electron chi connectivity index (χ0n) is 8.94. The van der Waals surface area contributed by atoms with E-state index in [1.807, 2.05) is 11.9 Å². The molecule has 2 heteroatoms. The van der Waals surface area contributed by atoms with Crippen LogP contribution in [0.5, 0.6) is 0 Å². The van der Waals surface area contributed by atoms with E-state index in [0.717, 1.165) is 19.3 Å². The van der Waals surface area contributed by atoms with E-state index in [2.05, 4.69) is 24.3 Å². The van der Waals surface area contributed by atoms with Crippen LogP contribution >= 0.6 is 0 Å². The molecule has 0 radical (unpaired) electrons. The van der Waals surface area contributed by atoms with Crippen LogP contribution in [-0.2, 0) is 11.2 Å². The van der Waals surface area contributed by atoms with Gasteiger partial charge >= 0.3 is 0 Å². The van der Waals surface area contributed by atoms with Gasteiger partial charge in [0.15, 0.2) is 0 Å². The van der Waals surface area contributed by atoms with Crippen molar-refractivity contribution >= 4 is 5.91 Å². The Balaban J connectivity index is 2.05. The molecule has 15 heavy (non-hydrogen) atoms. The monoisotopic (exact) mass is 201 g/mol. The Morgan fingerprint density at radius 3 is 3.00 bits per heavy atom. The number of benzene rings is 1. The van der Waals surface area contributed by atoms with E-state index in [9.17, 15) is 4.79 Å². The van der Waals surface area contributed by atoms with Crippen molar-refractivity contribution in [3.63, 3.8) is 0 Å². The van der Waals surface area contributed by atoms with Gasteiger partial charge < -0.3 is 4.90 Å². The van der Waals surface area contributed by atoms with E-state index in [1.165, 1.54) is 11.1 Å². The Morgan fingerprint density at radius 1 is 1.33 bits per heavy atom. The van der Waals surface area contributed by atoms with Crippen LogP contribution in [0.3, 0.4) is 0 Å². The van der Waals surface area contributed by atoms with Crippen molar-refractivity contribution in [1.29, 1.82) is 0 Å². The van der Waals surface area contributed by atoms with Crippen LogP contribution in [0.1, 0.15) is 30.0 Å². The molecule has 2 atom stereocenters. The van der Waals surface area contributed by atoms with Crippen molar-refractivity contribution in [3.05, 3.63) is 35.4 Å². The normalized spacial score (nSPS) is 28.9. The minimum absolute atomic E-state index is 0.299. The first-order chi connectivity index (χ1) is 7.27. The van der Waals surface area contributed by atoms with Gasteiger partial charge in [-0.25, -0.2) is 0 Å². The predicted octanol–water partition coefficient (Wildman–Crippen LogP) is 2.15. The molecule has 3 rings (SSSR count). The van der Waals surface area contributed by atoms with Gasteiger partial charge in [0.05, 0.1) is 6.04 Å². The second-order valence-electron chi connectivity index (χ2n) is 4.65. The van der Waals surface area contributed by atoms with E-state index < -0.39 is 0 Å². The minimum Gasteiger partial charge on any atom is -0.338 e. The lowest BCUT2D eigenvalue weighted by Crippen LogP contribution is -2.38. The summed E-state index contributed by atoms with van der Waals surface area (Å²) in [6.07, 6.45) is 2.94. The quantitative estimate of drug-likeness (QED) is 0.630. The van der Waals surface area contributed by atoms with Crippen molar-refractivity contribution < 1.29 is 4.79 Å². The second kappa shape index (κ2) is 3.09. The van der Waals surface area contributed by atoms with Crippen molar-refractivity contribution in [1.82, 2.24) is 4.90 Å². The molecule has 1 aromatic rings. The summed E-state index contributed by atoms with van der Waals surface area (Å²) in [4.78, 5) is 13.6. The number of hydrogen-bond donors (Lipinski definition) is 0. The zero-order chi connectivity index (χ0) is 10.4. The van der Waals surface area contributed by atoms with E-state index in [0.29, 0.717) is 17.9 Å². The summed E-state index contributed by atoms with van der Waals surface area (Å²) in [7, 11) is 1.95. The molecule has 0 saturated carbocycles. The van der Waals surface area contributed by atoms with E-state index in [1.54, 1.807) is 0 Å². The number of carbonyl (C=O) groups is 1. The van der Waals surface area contributed by atoms with Crippen molar-refractivity contribution in [2.24, 2.45) is 5.92 Å². The first-order valence-electron chi connectivity index (χ1n) is 5.61. The highest BCUT2D eigenvalue weighted by molar-refractivity contribution is 5.77. The molecule has 1 aliphatic carbocycles. The molecule has 1 fully saturated rings. The van der Waals surface area contributed by atoms with Gasteiger partial charge in [0.1, 0.15) is 0 Å². The maximum absolute atomic E-state index is 11.7. The maximum atomic E-state index is 11.7. The summed E-state index contributed by atoms with van der Waals surface area (Å²) >= 11 is 0. The Labute approximate surface area is 89.9 Å². The topological polar surface area (TPSA) is 20.3 Å². The van der Waals surface area contributed by atoms with Gasteiger partial charge in [-0.05, 0) is 29.9 Å². The summed E-state index contributed by atoms with van der Waals surface area (Å²) in [5.74, 6) is 0.957. The molecule has 1 amide bonds. The van der Waals surface area contributed by atoms with Crippen LogP contribution in [0.15, 0.2) is 24.3 Å². The number of likely N-dealkylation sites (tertiary alicyclic amines) is 1. The van der Waals surface area contributed by atoms with Gasteiger partial charge in [-0.2, -0.15) is 0 Å². The Hall–Kier alpha value is -1.31. The highest BCUT2D eigenvalue weighted by Crippen LogP contribution is 2.44. The van der Waals surface area contributed by atoms with Crippen molar-refractivity contribution in [2.75, 3.05) is 7.05 Å². The van der Waals surface area contributed by atoms with Gasteiger partial charge in [-0.3, -0.25) is 4.79 Å². The fourth-order valence-electron chi connectivity index (χ4n) is 3.08. The molecule has 0 aromatic heterocycles. The van der Waals surface area contributed by atoms with E-state index in [-0.39, 0.29) is 0 Å². The minimum atomic E-state index is 0.299. The Kier molecular flexibility index (Phi) is 1.84. The SMILES string of the molecule is CN1C(=O)CCC2Cc3ccccc3C21. The highest BCUT2D eigenvalue weighted by Gasteiger charge is 2.39. The van der Waals surface area contributed by atoms with Crippen LogP contribution in [-0.4, -0.2) is 17.9 Å². The summed E-state index contributed by atoms with van der Waals surface area (Å²) in [6.45, 7) is 0. The van der Waals surface area contributed by atoms with Gasteiger partial charge in [-0.1, -0.05) is 24.3 Å². The first kappa shape index (κ1) is 8.96. The van der Waals surface area contributed by atoms with Crippen LogP contribution in [0.4, 0.5) is 0 Å². The molecular weight excluding hydrogens is 186 g/mol. The molecule has 1 heterocycles. The van der Waals surface area contributed by atoms with Crippen LogP contribution in [0.25, 0.3) is 0 Å². The zero-order valence-corrected chi connectivity index (χ0v) is 8.94. The summed E-state index contributed by atoms with van der Waals surface area (Å²) in [5, 5.41) is 0. The van der Waals surface area contributed by atoms with Crippen molar-refractivity contribution in [2.45, 2.75) is 25.3 Å². The highest BCUT2D eigenvalue weighted by atomic mass is 16.2. The fraction of sp³-hybridized carbons (Fsp3) is 0.462. The summed E-state index contributed by atoms with van der Waals surface area (Å²) in [5.41, 5.74) is 2.81. The number of fused-ring (bicyclic) bond motifs is 3. The predicted molar refractivity (Wildman–Crippen MR) is 58.4 cm³/mol. The molecule has 0 spiro atoms. The van der Waals surface area contributed by atoms with Crippen LogP contribution in [0.2, 0.25) is 0 Å². The standard InChI is InChI=1S/C13H15NO/c1-14-12(15)7-6-10-8-9-4-2-3-5-11(9)13(10)14/h2-5,10,13H,6-8H2,1H3. The van der Waals surface area contributed by atoms with Gasteiger partial charge in [0.2, 0.25) is 5.91 Å². The first-order valence-corrected chi connectivity index (χ1v) is 5.61. The molecule has 0 bridgehead atoms. The second-order valence-corrected chi connectivity index (χ2v) is 4.65. The molecule has 0 N–H and O–H groups in total. The average Bonchev–Trinajstić information content (AvgIpc) is 2.62. The molecule has 2 aliphatic rings. The maximum Gasteiger partial charge on any atom is 0.222 e. The smallest absolute Gasteiger partial charge is 0.222 e. The molecule has 1 aromatic carbocycles. The number of hydrogen-bond acceptors (Lipinski definition) is 1.